The maximum absolute atomic E-state index is 13.4. The van der Waals surface area contributed by atoms with Crippen molar-refractivity contribution in [2.45, 2.75) is 31.7 Å². The van der Waals surface area contributed by atoms with Crippen LogP contribution in [0.2, 0.25) is 0 Å². The number of nitrogens with one attached hydrogen (secondary N) is 1. The smallest absolute Gasteiger partial charge is 0.321 e. The first-order chi connectivity index (χ1) is 10.2. The Hall–Kier alpha value is -1.88. The van der Waals surface area contributed by atoms with Crippen molar-refractivity contribution >= 4 is 12.1 Å². The number of benzene rings is 1. The summed E-state index contributed by atoms with van der Waals surface area (Å²) in [5, 5.41) is 11.7. The van der Waals surface area contributed by atoms with Gasteiger partial charge in [-0.05, 0) is 37.8 Å². The predicted molar refractivity (Wildman–Crippen MR) is 80.0 cm³/mol. The average molecular weight is 292 g/mol. The Morgan fingerprint density at radius 1 is 1.43 bits per heavy atom. The number of nitrogens with zero attached hydrogens (tertiary/aromatic N) is 1. The Kier molecular flexibility index (Phi) is 5.75. The fraction of sp³-hybridized carbons (Fsp3) is 0.438. The third kappa shape index (κ3) is 4.29. The normalized spacial score (nSPS) is 19.0. The fourth-order valence-corrected chi connectivity index (χ4v) is 2.61. The second-order valence-electron chi connectivity index (χ2n) is 5.16. The SMILES string of the molecule is O=C(N/C=C/c1ccccc1F)N1CCCCC1CCO. The molecule has 1 aromatic rings. The molecule has 1 aliphatic rings. The number of aliphatic hydroxyl groups excluding tert-OH is 1. The molecule has 0 radical (unpaired) electrons. The van der Waals surface area contributed by atoms with Gasteiger partial charge in [-0.25, -0.2) is 9.18 Å². The molecule has 5 heteroatoms. The van der Waals surface area contributed by atoms with Gasteiger partial charge in [0, 0.05) is 31.0 Å². The molecule has 1 atom stereocenters. The molecule has 21 heavy (non-hydrogen) atoms. The van der Waals surface area contributed by atoms with Crippen molar-refractivity contribution in [1.29, 1.82) is 0 Å². The third-order valence-electron chi connectivity index (χ3n) is 3.73. The van der Waals surface area contributed by atoms with Gasteiger partial charge in [-0.3, -0.25) is 0 Å². The van der Waals surface area contributed by atoms with Crippen molar-refractivity contribution in [3.63, 3.8) is 0 Å². The Balaban J connectivity index is 1.92. The summed E-state index contributed by atoms with van der Waals surface area (Å²) >= 11 is 0. The monoisotopic (exact) mass is 292 g/mol. The molecular formula is C16H21FN2O2. The van der Waals surface area contributed by atoms with Gasteiger partial charge in [0.25, 0.3) is 0 Å². The summed E-state index contributed by atoms with van der Waals surface area (Å²) in [5.74, 6) is -0.320. The Bertz CT molecular complexity index is 503. The van der Waals surface area contributed by atoms with Crippen LogP contribution in [-0.4, -0.2) is 35.2 Å². The second-order valence-corrected chi connectivity index (χ2v) is 5.16. The van der Waals surface area contributed by atoms with Gasteiger partial charge >= 0.3 is 6.03 Å². The van der Waals surface area contributed by atoms with Crippen LogP contribution in [0.25, 0.3) is 6.08 Å². The summed E-state index contributed by atoms with van der Waals surface area (Å²) < 4.78 is 13.4. The van der Waals surface area contributed by atoms with Gasteiger partial charge in [0.05, 0.1) is 0 Å². The van der Waals surface area contributed by atoms with E-state index in [0.29, 0.717) is 18.5 Å². The maximum Gasteiger partial charge on any atom is 0.321 e. The zero-order valence-corrected chi connectivity index (χ0v) is 12.0. The van der Waals surface area contributed by atoms with Gasteiger partial charge in [0.1, 0.15) is 5.82 Å². The van der Waals surface area contributed by atoms with Gasteiger partial charge in [-0.2, -0.15) is 0 Å². The molecule has 2 rings (SSSR count). The molecule has 0 bridgehead atoms. The maximum atomic E-state index is 13.4. The van der Waals surface area contributed by atoms with E-state index in [4.69, 9.17) is 5.11 Å². The topological polar surface area (TPSA) is 52.6 Å². The molecule has 0 aromatic heterocycles. The van der Waals surface area contributed by atoms with E-state index in [1.54, 1.807) is 23.1 Å². The standard InChI is InChI=1S/C16H21FN2O2/c17-15-7-2-1-5-13(15)8-10-18-16(21)19-11-4-3-6-14(19)9-12-20/h1-2,5,7-8,10,14,20H,3-4,6,9,11-12H2,(H,18,21)/b10-8+. The molecule has 1 heterocycles. The van der Waals surface area contributed by atoms with Gasteiger partial charge in [0.15, 0.2) is 0 Å². The lowest BCUT2D eigenvalue weighted by atomic mass is 10.0. The highest BCUT2D eigenvalue weighted by Crippen LogP contribution is 2.19. The molecule has 0 aliphatic carbocycles. The zero-order valence-electron chi connectivity index (χ0n) is 12.0. The lowest BCUT2D eigenvalue weighted by Gasteiger charge is -2.35. The first-order valence-corrected chi connectivity index (χ1v) is 7.31. The molecule has 0 spiro atoms. The minimum Gasteiger partial charge on any atom is -0.396 e. The number of halogens is 1. The van der Waals surface area contributed by atoms with Crippen molar-refractivity contribution in [2.24, 2.45) is 0 Å². The Morgan fingerprint density at radius 3 is 3.00 bits per heavy atom. The summed E-state index contributed by atoms with van der Waals surface area (Å²) in [4.78, 5) is 13.9. The lowest BCUT2D eigenvalue weighted by Crippen LogP contribution is -2.47. The largest absolute Gasteiger partial charge is 0.396 e. The van der Waals surface area contributed by atoms with Crippen LogP contribution in [-0.2, 0) is 0 Å². The van der Waals surface area contributed by atoms with Crippen molar-refractivity contribution in [3.8, 4) is 0 Å². The highest BCUT2D eigenvalue weighted by atomic mass is 19.1. The first kappa shape index (κ1) is 15.5. The quantitative estimate of drug-likeness (QED) is 0.896. The highest BCUT2D eigenvalue weighted by Gasteiger charge is 2.25. The van der Waals surface area contributed by atoms with E-state index >= 15 is 0 Å². The number of aliphatic hydroxyl groups is 1. The van der Waals surface area contributed by atoms with E-state index in [2.05, 4.69) is 5.32 Å². The number of rotatable bonds is 4. The highest BCUT2D eigenvalue weighted by molar-refractivity contribution is 5.76. The summed E-state index contributed by atoms with van der Waals surface area (Å²) in [7, 11) is 0. The van der Waals surface area contributed by atoms with Crippen molar-refractivity contribution in [1.82, 2.24) is 10.2 Å². The van der Waals surface area contributed by atoms with Crippen LogP contribution >= 0.6 is 0 Å². The van der Waals surface area contributed by atoms with Crippen molar-refractivity contribution < 1.29 is 14.3 Å². The zero-order chi connectivity index (χ0) is 15.1. The fourth-order valence-electron chi connectivity index (χ4n) is 2.61. The summed E-state index contributed by atoms with van der Waals surface area (Å²) in [6.45, 7) is 0.781. The summed E-state index contributed by atoms with van der Waals surface area (Å²) in [6, 6.07) is 6.29. The number of urea groups is 1. The van der Waals surface area contributed by atoms with E-state index in [1.165, 1.54) is 18.3 Å². The van der Waals surface area contributed by atoms with E-state index in [0.717, 1.165) is 19.3 Å². The summed E-state index contributed by atoms with van der Waals surface area (Å²) in [6.07, 6.45) is 6.59. The third-order valence-corrected chi connectivity index (χ3v) is 3.73. The van der Waals surface area contributed by atoms with E-state index in [1.807, 2.05) is 0 Å². The second kappa shape index (κ2) is 7.78. The van der Waals surface area contributed by atoms with Crippen LogP contribution < -0.4 is 5.32 Å². The van der Waals surface area contributed by atoms with Crippen molar-refractivity contribution in [3.05, 3.63) is 41.8 Å². The van der Waals surface area contributed by atoms with Crippen molar-refractivity contribution in [2.75, 3.05) is 13.2 Å². The minimum atomic E-state index is -0.320. The van der Waals surface area contributed by atoms with E-state index in [-0.39, 0.29) is 24.5 Å². The average Bonchev–Trinajstić information content (AvgIpc) is 2.50. The number of hydrogen-bond donors (Lipinski definition) is 2. The number of amides is 2. The van der Waals surface area contributed by atoms with Gasteiger partial charge < -0.3 is 15.3 Å². The van der Waals surface area contributed by atoms with E-state index in [9.17, 15) is 9.18 Å². The minimum absolute atomic E-state index is 0.0828. The number of piperidine rings is 1. The molecular weight excluding hydrogens is 271 g/mol. The van der Waals surface area contributed by atoms with Gasteiger partial charge in [-0.15, -0.1) is 0 Å². The molecule has 1 aliphatic heterocycles. The molecule has 2 amide bonds. The molecule has 0 saturated carbocycles. The van der Waals surface area contributed by atoms with Crippen LogP contribution in [0.5, 0.6) is 0 Å². The Labute approximate surface area is 124 Å². The Morgan fingerprint density at radius 2 is 2.24 bits per heavy atom. The van der Waals surface area contributed by atoms with Gasteiger partial charge in [-0.1, -0.05) is 18.2 Å². The molecule has 114 valence electrons. The number of carbonyl (C=O) groups excluding carboxylic acids is 1. The molecule has 2 N–H and O–H groups in total. The molecule has 1 unspecified atom stereocenters. The lowest BCUT2D eigenvalue weighted by molar-refractivity contribution is 0.134. The molecule has 1 aromatic carbocycles. The predicted octanol–water partition coefficient (Wildman–Crippen LogP) is 2.74. The van der Waals surface area contributed by atoms with Crippen LogP contribution in [0.3, 0.4) is 0 Å². The van der Waals surface area contributed by atoms with Crippen LogP contribution in [0.15, 0.2) is 30.5 Å². The van der Waals surface area contributed by atoms with Crippen LogP contribution in [0.1, 0.15) is 31.2 Å². The van der Waals surface area contributed by atoms with E-state index < -0.39 is 0 Å². The molecule has 1 fully saturated rings. The molecule has 1 saturated heterocycles. The first-order valence-electron chi connectivity index (χ1n) is 7.31. The number of hydrogen-bond acceptors (Lipinski definition) is 2. The number of likely N-dealkylation sites (tertiary alicyclic amines) is 1. The van der Waals surface area contributed by atoms with Gasteiger partial charge in [0.2, 0.25) is 0 Å². The van der Waals surface area contributed by atoms with Crippen LogP contribution in [0.4, 0.5) is 9.18 Å². The number of carbonyl (C=O) groups is 1. The van der Waals surface area contributed by atoms with Crippen LogP contribution in [0, 0.1) is 5.82 Å². The molecule has 4 nitrogen and oxygen atoms in total. The summed E-state index contributed by atoms with van der Waals surface area (Å²) in [5.41, 5.74) is 0.434.